The highest BCUT2D eigenvalue weighted by molar-refractivity contribution is 7.09. The Bertz CT molecular complexity index is 353. The van der Waals surface area contributed by atoms with Crippen LogP contribution in [0.4, 0.5) is 0 Å². The number of hydrogen-bond donors (Lipinski definition) is 0. The summed E-state index contributed by atoms with van der Waals surface area (Å²) in [5.41, 5.74) is 1.01. The summed E-state index contributed by atoms with van der Waals surface area (Å²) in [5.74, 6) is 1.35. The Morgan fingerprint density at radius 2 is 2.24 bits per heavy atom. The number of aromatic nitrogens is 1. The maximum Gasteiger partial charge on any atom is 0.107 e. The van der Waals surface area contributed by atoms with Crippen LogP contribution in [0.3, 0.4) is 0 Å². The summed E-state index contributed by atoms with van der Waals surface area (Å²) in [7, 11) is 2.23. The smallest absolute Gasteiger partial charge is 0.107 e. The minimum atomic E-state index is 0.528. The number of nitrogens with zero attached hydrogens (tertiary/aromatic N) is 2. The standard InChI is InChI=1S/C13H21ClN2S/c1-10-5-3-4-6-12(10)16(2)8-13-15-11(7-14)9-17-13/h9-10,12H,3-8H2,1-2H3. The predicted octanol–water partition coefficient (Wildman–Crippen LogP) is 3.89. The molecule has 2 unspecified atom stereocenters. The summed E-state index contributed by atoms with van der Waals surface area (Å²) >= 11 is 7.51. The normalized spacial score (nSPS) is 25.4. The van der Waals surface area contributed by atoms with Gasteiger partial charge < -0.3 is 0 Å². The Morgan fingerprint density at radius 3 is 2.88 bits per heavy atom. The molecular weight excluding hydrogens is 252 g/mol. The van der Waals surface area contributed by atoms with Gasteiger partial charge in [-0.15, -0.1) is 22.9 Å². The van der Waals surface area contributed by atoms with E-state index in [2.05, 4.69) is 29.2 Å². The van der Waals surface area contributed by atoms with Crippen molar-refractivity contribution in [1.82, 2.24) is 9.88 Å². The van der Waals surface area contributed by atoms with E-state index < -0.39 is 0 Å². The monoisotopic (exact) mass is 272 g/mol. The molecule has 0 aromatic carbocycles. The van der Waals surface area contributed by atoms with Crippen LogP contribution >= 0.6 is 22.9 Å². The third kappa shape index (κ3) is 3.43. The van der Waals surface area contributed by atoms with Crippen LogP contribution in [0, 0.1) is 5.92 Å². The van der Waals surface area contributed by atoms with E-state index in [1.165, 1.54) is 30.7 Å². The van der Waals surface area contributed by atoms with Gasteiger partial charge in [-0.2, -0.15) is 0 Å². The first-order valence-corrected chi connectivity index (χ1v) is 7.81. The number of halogens is 1. The van der Waals surface area contributed by atoms with E-state index in [4.69, 9.17) is 11.6 Å². The molecule has 4 heteroatoms. The molecule has 1 aliphatic carbocycles. The summed E-state index contributed by atoms with van der Waals surface area (Å²) in [4.78, 5) is 7.01. The Morgan fingerprint density at radius 1 is 1.47 bits per heavy atom. The highest BCUT2D eigenvalue weighted by Gasteiger charge is 2.25. The molecule has 1 aromatic rings. The van der Waals surface area contributed by atoms with Crippen molar-refractivity contribution < 1.29 is 0 Å². The highest BCUT2D eigenvalue weighted by Crippen LogP contribution is 2.28. The zero-order chi connectivity index (χ0) is 12.3. The molecule has 0 saturated heterocycles. The van der Waals surface area contributed by atoms with Crippen molar-refractivity contribution in [2.75, 3.05) is 7.05 Å². The zero-order valence-corrected chi connectivity index (χ0v) is 12.2. The van der Waals surface area contributed by atoms with Crippen molar-refractivity contribution in [2.24, 2.45) is 5.92 Å². The van der Waals surface area contributed by atoms with Crippen LogP contribution in [0.25, 0.3) is 0 Å². The minimum absolute atomic E-state index is 0.528. The van der Waals surface area contributed by atoms with E-state index in [9.17, 15) is 0 Å². The molecule has 1 saturated carbocycles. The van der Waals surface area contributed by atoms with Crippen LogP contribution in [0.5, 0.6) is 0 Å². The first kappa shape index (κ1) is 13.3. The van der Waals surface area contributed by atoms with Gasteiger partial charge in [0.15, 0.2) is 0 Å². The molecule has 1 heterocycles. The number of rotatable bonds is 4. The van der Waals surface area contributed by atoms with Crippen molar-refractivity contribution >= 4 is 22.9 Å². The number of hydrogen-bond acceptors (Lipinski definition) is 3. The maximum atomic E-state index is 5.78. The van der Waals surface area contributed by atoms with Gasteiger partial charge in [0.05, 0.1) is 18.1 Å². The highest BCUT2D eigenvalue weighted by atomic mass is 35.5. The van der Waals surface area contributed by atoms with Crippen molar-refractivity contribution in [1.29, 1.82) is 0 Å². The summed E-state index contributed by atoms with van der Waals surface area (Å²) in [6.45, 7) is 3.35. The minimum Gasteiger partial charge on any atom is -0.296 e. The Hall–Kier alpha value is -0.120. The first-order valence-electron chi connectivity index (χ1n) is 6.40. The second-order valence-electron chi connectivity index (χ2n) is 5.11. The fraction of sp³-hybridized carbons (Fsp3) is 0.769. The second-order valence-corrected chi connectivity index (χ2v) is 6.32. The summed E-state index contributed by atoms with van der Waals surface area (Å²) < 4.78 is 0. The number of thiazole rings is 1. The van der Waals surface area contributed by atoms with Crippen LogP contribution in [0.1, 0.15) is 43.3 Å². The molecule has 17 heavy (non-hydrogen) atoms. The predicted molar refractivity (Wildman–Crippen MR) is 74.6 cm³/mol. The molecule has 1 fully saturated rings. The molecule has 1 aromatic heterocycles. The van der Waals surface area contributed by atoms with Gasteiger partial charge in [-0.1, -0.05) is 19.8 Å². The van der Waals surface area contributed by atoms with Gasteiger partial charge in [0.1, 0.15) is 5.01 Å². The Balaban J connectivity index is 1.93. The molecule has 0 amide bonds. The van der Waals surface area contributed by atoms with Crippen molar-refractivity contribution in [3.05, 3.63) is 16.1 Å². The Labute approximate surface area is 113 Å². The third-order valence-electron chi connectivity index (χ3n) is 3.75. The van der Waals surface area contributed by atoms with Crippen LogP contribution in [-0.4, -0.2) is 23.0 Å². The fourth-order valence-corrected chi connectivity index (χ4v) is 3.85. The van der Waals surface area contributed by atoms with E-state index in [1.807, 2.05) is 0 Å². The van der Waals surface area contributed by atoms with Gasteiger partial charge >= 0.3 is 0 Å². The maximum absolute atomic E-state index is 5.78. The summed E-state index contributed by atoms with van der Waals surface area (Å²) in [6.07, 6.45) is 5.49. The van der Waals surface area contributed by atoms with Crippen LogP contribution in [-0.2, 0) is 12.4 Å². The van der Waals surface area contributed by atoms with Gasteiger partial charge in [0.25, 0.3) is 0 Å². The Kier molecular flexibility index (Phi) is 4.83. The van der Waals surface area contributed by atoms with Gasteiger partial charge in [-0.25, -0.2) is 4.98 Å². The van der Waals surface area contributed by atoms with Gasteiger partial charge in [0, 0.05) is 11.4 Å². The third-order valence-corrected chi connectivity index (χ3v) is 4.91. The molecule has 0 spiro atoms. The second kappa shape index (κ2) is 6.17. The molecule has 96 valence electrons. The molecule has 2 atom stereocenters. The molecule has 0 N–H and O–H groups in total. The van der Waals surface area contributed by atoms with Gasteiger partial charge in [0.2, 0.25) is 0 Å². The van der Waals surface area contributed by atoms with Crippen LogP contribution in [0.2, 0.25) is 0 Å². The molecule has 2 nitrogen and oxygen atoms in total. The topological polar surface area (TPSA) is 16.1 Å². The molecular formula is C13H21ClN2S. The van der Waals surface area contributed by atoms with Crippen molar-refractivity contribution in [2.45, 2.75) is 51.1 Å². The summed E-state index contributed by atoms with van der Waals surface area (Å²) in [5, 5.41) is 3.27. The van der Waals surface area contributed by atoms with Crippen molar-refractivity contribution in [3.8, 4) is 0 Å². The lowest BCUT2D eigenvalue weighted by atomic mass is 9.85. The number of alkyl halides is 1. The van der Waals surface area contributed by atoms with E-state index >= 15 is 0 Å². The van der Waals surface area contributed by atoms with Crippen LogP contribution in [0.15, 0.2) is 5.38 Å². The van der Waals surface area contributed by atoms with Crippen LogP contribution < -0.4 is 0 Å². The quantitative estimate of drug-likeness (QED) is 0.773. The summed E-state index contributed by atoms with van der Waals surface area (Å²) in [6, 6.07) is 0.729. The van der Waals surface area contributed by atoms with E-state index in [0.717, 1.165) is 24.2 Å². The average Bonchev–Trinajstić information content (AvgIpc) is 2.77. The lowest BCUT2D eigenvalue weighted by Gasteiger charge is -2.35. The van der Waals surface area contributed by atoms with E-state index in [-0.39, 0.29) is 0 Å². The molecule has 2 rings (SSSR count). The zero-order valence-electron chi connectivity index (χ0n) is 10.7. The first-order chi connectivity index (χ1) is 8.20. The fourth-order valence-electron chi connectivity index (χ4n) is 2.77. The SMILES string of the molecule is CC1CCCCC1N(C)Cc1nc(CCl)cs1. The largest absolute Gasteiger partial charge is 0.296 e. The molecule has 0 radical (unpaired) electrons. The molecule has 0 bridgehead atoms. The lowest BCUT2D eigenvalue weighted by molar-refractivity contribution is 0.133. The molecule has 1 aliphatic rings. The van der Waals surface area contributed by atoms with Gasteiger partial charge in [-0.3, -0.25) is 4.90 Å². The average molecular weight is 273 g/mol. The van der Waals surface area contributed by atoms with Gasteiger partial charge in [-0.05, 0) is 25.8 Å². The van der Waals surface area contributed by atoms with E-state index in [1.54, 1.807) is 11.3 Å². The molecule has 0 aliphatic heterocycles. The lowest BCUT2D eigenvalue weighted by Crippen LogP contribution is -2.38. The van der Waals surface area contributed by atoms with E-state index in [0.29, 0.717) is 5.88 Å². The van der Waals surface area contributed by atoms with Crippen molar-refractivity contribution in [3.63, 3.8) is 0 Å².